The Morgan fingerprint density at radius 3 is 3.00 bits per heavy atom. The van der Waals surface area contributed by atoms with Crippen LogP contribution in [0.15, 0.2) is 17.2 Å². The summed E-state index contributed by atoms with van der Waals surface area (Å²) in [7, 11) is 1.76. The predicted octanol–water partition coefficient (Wildman–Crippen LogP) is 0.320. The fourth-order valence-electron chi connectivity index (χ4n) is 1.47. The number of nitriles is 1. The smallest absolute Gasteiger partial charge is 0.215 e. The van der Waals surface area contributed by atoms with Crippen LogP contribution in [0.3, 0.4) is 0 Å². The van der Waals surface area contributed by atoms with E-state index in [2.05, 4.69) is 4.98 Å². The highest BCUT2D eigenvalue weighted by Crippen LogP contribution is 2.14. The molecule has 0 amide bonds. The fraction of sp³-hybridized carbons (Fsp3) is 0.111. The highest BCUT2D eigenvalue weighted by Gasteiger charge is 2.11. The van der Waals surface area contributed by atoms with Gasteiger partial charge in [-0.1, -0.05) is 0 Å². The zero-order valence-corrected chi connectivity index (χ0v) is 7.53. The average Bonchev–Trinajstić information content (AvgIpc) is 2.50. The molecule has 3 N–H and O–H groups in total. The molecular weight excluding hydrogens is 180 g/mol. The Balaban J connectivity index is 3.08. The molecule has 0 aliphatic heterocycles. The van der Waals surface area contributed by atoms with Gasteiger partial charge in [-0.2, -0.15) is 5.26 Å². The lowest BCUT2D eigenvalue weighted by atomic mass is 10.2. The Hall–Kier alpha value is -2.22. The third-order valence-corrected chi connectivity index (χ3v) is 2.16. The van der Waals surface area contributed by atoms with Crippen LogP contribution in [0.2, 0.25) is 0 Å². The van der Waals surface area contributed by atoms with Gasteiger partial charge in [0.05, 0.1) is 16.6 Å². The first kappa shape index (κ1) is 8.38. The van der Waals surface area contributed by atoms with E-state index in [1.54, 1.807) is 17.8 Å². The predicted molar refractivity (Wildman–Crippen MR) is 52.7 cm³/mol. The second-order valence-electron chi connectivity index (χ2n) is 3.06. The molecule has 0 saturated carbocycles. The van der Waals surface area contributed by atoms with Crippen LogP contribution in [0.25, 0.3) is 11.0 Å². The van der Waals surface area contributed by atoms with Gasteiger partial charge in [0, 0.05) is 19.4 Å². The molecule has 0 bridgehead atoms. The number of aryl methyl sites for hydroxylation is 1. The molecule has 2 aromatic rings. The summed E-state index contributed by atoms with van der Waals surface area (Å²) in [5.74, 6) is 0. The van der Waals surface area contributed by atoms with Crippen LogP contribution >= 0.6 is 0 Å². The molecule has 0 spiro atoms. The van der Waals surface area contributed by atoms with E-state index >= 15 is 0 Å². The Bertz CT molecular complexity index is 600. The zero-order valence-electron chi connectivity index (χ0n) is 7.53. The maximum absolute atomic E-state index is 11.6. The summed E-state index contributed by atoms with van der Waals surface area (Å²) < 4.78 is 1.69. The molecule has 0 aliphatic rings. The van der Waals surface area contributed by atoms with E-state index in [0.717, 1.165) is 0 Å². The Morgan fingerprint density at radius 1 is 1.64 bits per heavy atom. The molecule has 0 aromatic carbocycles. The van der Waals surface area contributed by atoms with Gasteiger partial charge in [-0.25, -0.2) is 0 Å². The number of nitrogen functional groups attached to an aromatic ring is 1. The second kappa shape index (κ2) is 2.64. The molecule has 0 fully saturated rings. The van der Waals surface area contributed by atoms with Crippen molar-refractivity contribution >= 4 is 16.7 Å². The van der Waals surface area contributed by atoms with Crippen LogP contribution in [0.1, 0.15) is 5.56 Å². The number of anilines is 1. The van der Waals surface area contributed by atoms with E-state index in [-0.39, 0.29) is 11.1 Å². The van der Waals surface area contributed by atoms with E-state index < -0.39 is 0 Å². The van der Waals surface area contributed by atoms with Gasteiger partial charge in [0.1, 0.15) is 11.7 Å². The third-order valence-electron chi connectivity index (χ3n) is 2.16. The largest absolute Gasteiger partial charge is 0.394 e. The minimum atomic E-state index is -0.295. The summed E-state index contributed by atoms with van der Waals surface area (Å²) in [4.78, 5) is 14.5. The van der Waals surface area contributed by atoms with Crippen LogP contribution in [0.4, 0.5) is 5.69 Å². The Kier molecular flexibility index (Phi) is 1.58. The number of rotatable bonds is 0. The first-order valence-corrected chi connectivity index (χ1v) is 4.01. The SMILES string of the molecule is Cn1cc(C#N)c2c(=O)c(N)c[nH]c21. The first-order valence-electron chi connectivity index (χ1n) is 4.01. The van der Waals surface area contributed by atoms with Gasteiger partial charge >= 0.3 is 0 Å². The maximum atomic E-state index is 11.6. The molecule has 14 heavy (non-hydrogen) atoms. The highest BCUT2D eigenvalue weighted by atomic mass is 16.1. The van der Waals surface area contributed by atoms with Crippen LogP contribution in [-0.2, 0) is 7.05 Å². The van der Waals surface area contributed by atoms with Gasteiger partial charge in [0.2, 0.25) is 5.43 Å². The monoisotopic (exact) mass is 188 g/mol. The zero-order chi connectivity index (χ0) is 10.3. The van der Waals surface area contributed by atoms with Crippen molar-refractivity contribution in [1.82, 2.24) is 9.55 Å². The van der Waals surface area contributed by atoms with Crippen molar-refractivity contribution in [3.8, 4) is 6.07 Å². The van der Waals surface area contributed by atoms with Gasteiger partial charge in [0.15, 0.2) is 0 Å². The van der Waals surface area contributed by atoms with Gasteiger partial charge < -0.3 is 15.3 Å². The number of fused-ring (bicyclic) bond motifs is 1. The number of hydrogen-bond acceptors (Lipinski definition) is 3. The lowest BCUT2D eigenvalue weighted by Crippen LogP contribution is -2.09. The number of nitrogens with two attached hydrogens (primary N) is 1. The quantitative estimate of drug-likeness (QED) is 0.624. The number of nitrogens with zero attached hydrogens (tertiary/aromatic N) is 2. The summed E-state index contributed by atoms with van der Waals surface area (Å²) in [6, 6.07) is 1.96. The van der Waals surface area contributed by atoms with Crippen molar-refractivity contribution in [3.05, 3.63) is 28.2 Å². The van der Waals surface area contributed by atoms with Gasteiger partial charge in [0.25, 0.3) is 0 Å². The second-order valence-corrected chi connectivity index (χ2v) is 3.06. The van der Waals surface area contributed by atoms with Crippen molar-refractivity contribution in [2.45, 2.75) is 0 Å². The standard InChI is InChI=1S/C9H8N4O/c1-13-4-5(2-10)7-8(14)6(11)3-12-9(7)13/h3-4H,11H2,1H3,(H,12,14). The highest BCUT2D eigenvalue weighted by molar-refractivity contribution is 5.85. The van der Waals surface area contributed by atoms with Crippen molar-refractivity contribution in [1.29, 1.82) is 5.26 Å². The van der Waals surface area contributed by atoms with Gasteiger partial charge in [-0.15, -0.1) is 0 Å². The lowest BCUT2D eigenvalue weighted by molar-refractivity contribution is 0.947. The van der Waals surface area contributed by atoms with Crippen molar-refractivity contribution in [2.75, 3.05) is 5.73 Å². The number of H-pyrrole nitrogens is 1. The summed E-state index contributed by atoms with van der Waals surface area (Å²) in [5, 5.41) is 9.16. The summed E-state index contributed by atoms with van der Waals surface area (Å²) in [6.07, 6.45) is 3.04. The number of nitrogens with one attached hydrogen (secondary N) is 1. The lowest BCUT2D eigenvalue weighted by Gasteiger charge is -1.96. The average molecular weight is 188 g/mol. The molecule has 2 rings (SSSR count). The molecule has 0 radical (unpaired) electrons. The molecule has 70 valence electrons. The van der Waals surface area contributed by atoms with Crippen LogP contribution < -0.4 is 11.2 Å². The van der Waals surface area contributed by atoms with Crippen molar-refractivity contribution in [2.24, 2.45) is 7.05 Å². The summed E-state index contributed by atoms with van der Waals surface area (Å²) >= 11 is 0. The van der Waals surface area contributed by atoms with Crippen molar-refractivity contribution in [3.63, 3.8) is 0 Å². The fourth-order valence-corrected chi connectivity index (χ4v) is 1.47. The molecule has 2 aromatic heterocycles. The molecule has 0 saturated heterocycles. The number of pyridine rings is 1. The Labute approximate surface area is 79.4 Å². The molecule has 0 aliphatic carbocycles. The van der Waals surface area contributed by atoms with E-state index in [9.17, 15) is 4.79 Å². The maximum Gasteiger partial charge on any atom is 0.215 e. The molecule has 0 atom stereocenters. The number of aromatic amines is 1. The summed E-state index contributed by atoms with van der Waals surface area (Å²) in [6.45, 7) is 0. The number of aromatic nitrogens is 2. The minimum Gasteiger partial charge on any atom is -0.394 e. The number of hydrogen-bond donors (Lipinski definition) is 2. The minimum absolute atomic E-state index is 0.125. The van der Waals surface area contributed by atoms with E-state index in [4.69, 9.17) is 11.0 Å². The molecular formula is C9H8N4O. The molecule has 2 heterocycles. The van der Waals surface area contributed by atoms with E-state index in [0.29, 0.717) is 16.6 Å². The van der Waals surface area contributed by atoms with Gasteiger partial charge in [-0.05, 0) is 0 Å². The van der Waals surface area contributed by atoms with Crippen molar-refractivity contribution < 1.29 is 0 Å². The van der Waals surface area contributed by atoms with Crippen LogP contribution in [0.5, 0.6) is 0 Å². The van der Waals surface area contributed by atoms with Crippen LogP contribution in [0, 0.1) is 11.3 Å². The van der Waals surface area contributed by atoms with Gasteiger partial charge in [-0.3, -0.25) is 4.79 Å². The summed E-state index contributed by atoms with van der Waals surface area (Å²) in [5.41, 5.74) is 6.24. The molecule has 0 unspecified atom stereocenters. The first-order chi connectivity index (χ1) is 6.65. The Morgan fingerprint density at radius 2 is 2.36 bits per heavy atom. The molecule has 5 nitrogen and oxygen atoms in total. The third kappa shape index (κ3) is 0.910. The molecule has 5 heteroatoms. The normalized spacial score (nSPS) is 10.3. The topological polar surface area (TPSA) is 87.6 Å². The van der Waals surface area contributed by atoms with E-state index in [1.807, 2.05) is 6.07 Å². The van der Waals surface area contributed by atoms with Crippen LogP contribution in [-0.4, -0.2) is 9.55 Å². The van der Waals surface area contributed by atoms with E-state index in [1.165, 1.54) is 6.20 Å².